The molecule has 1 unspecified atom stereocenters. The van der Waals surface area contributed by atoms with E-state index in [9.17, 15) is 37.5 Å². The minimum Gasteiger partial charge on any atom is -0.438 e. The van der Waals surface area contributed by atoms with Gasteiger partial charge in [0.1, 0.15) is 17.6 Å². The second-order valence-electron chi connectivity index (χ2n) is 13.7. The highest BCUT2D eigenvalue weighted by molar-refractivity contribution is 7.90. The predicted molar refractivity (Wildman–Crippen MR) is 198 cm³/mol. The molecule has 1 fully saturated rings. The Bertz CT molecular complexity index is 2170. The number of hydrogen-bond acceptors (Lipinski definition) is 10. The quantitative estimate of drug-likeness (QED) is 0.133. The van der Waals surface area contributed by atoms with Crippen molar-refractivity contribution < 1.29 is 41.9 Å². The van der Waals surface area contributed by atoms with Gasteiger partial charge < -0.3 is 30.8 Å². The Morgan fingerprint density at radius 2 is 1.50 bits per heavy atom. The molecule has 1 aliphatic rings. The van der Waals surface area contributed by atoms with Crippen LogP contribution in [0.4, 0.5) is 0 Å². The SMILES string of the molecule is CC(C)[C@H](NC(=O)[C@@H]1CCCN1C(=O)[C@@H](NC(=O)c1ccc(C(=O)NS(=O)(=O)c2ccc(Cl)cc2)cc1)C(C)C)C(O)c1nc2cc(C(N)=O)ccc2o1. The summed E-state index contributed by atoms with van der Waals surface area (Å²) in [6.45, 7) is 7.36. The fourth-order valence-corrected chi connectivity index (χ4v) is 7.20. The molecule has 0 saturated carbocycles. The van der Waals surface area contributed by atoms with Crippen molar-refractivity contribution in [1.82, 2.24) is 25.2 Å². The highest BCUT2D eigenvalue weighted by atomic mass is 35.5. The molecule has 1 aromatic heterocycles. The van der Waals surface area contributed by atoms with Gasteiger partial charge in [0.15, 0.2) is 11.7 Å². The topological polar surface area (TPSA) is 231 Å². The molecule has 0 spiro atoms. The van der Waals surface area contributed by atoms with E-state index in [1.54, 1.807) is 27.7 Å². The Balaban J connectivity index is 1.24. The maximum absolute atomic E-state index is 13.9. The third-order valence-corrected chi connectivity index (χ3v) is 10.7. The maximum atomic E-state index is 13.9. The number of sulfonamides is 1. The highest BCUT2D eigenvalue weighted by Gasteiger charge is 2.40. The van der Waals surface area contributed by atoms with E-state index >= 15 is 0 Å². The van der Waals surface area contributed by atoms with Gasteiger partial charge in [-0.15, -0.1) is 0 Å². The van der Waals surface area contributed by atoms with Crippen molar-refractivity contribution in [2.45, 2.75) is 69.7 Å². The summed E-state index contributed by atoms with van der Waals surface area (Å²) in [5.74, 6) is -3.88. The normalized spacial score (nSPS) is 16.2. The van der Waals surface area contributed by atoms with Gasteiger partial charge in [0, 0.05) is 28.3 Å². The molecule has 0 bridgehead atoms. The molecule has 0 aliphatic carbocycles. The summed E-state index contributed by atoms with van der Waals surface area (Å²) in [4.78, 5) is 70.9. The number of nitrogens with zero attached hydrogens (tertiary/aromatic N) is 2. The van der Waals surface area contributed by atoms with Gasteiger partial charge in [-0.05, 0) is 91.4 Å². The number of likely N-dealkylation sites (tertiary alicyclic amines) is 1. The Kier molecular flexibility index (Phi) is 12.1. The van der Waals surface area contributed by atoms with Crippen LogP contribution in [0.3, 0.4) is 0 Å². The van der Waals surface area contributed by atoms with Crippen LogP contribution < -0.4 is 21.1 Å². The molecule has 2 heterocycles. The predicted octanol–water partition coefficient (Wildman–Crippen LogP) is 3.32. The van der Waals surface area contributed by atoms with E-state index in [1.165, 1.54) is 71.6 Å². The summed E-state index contributed by atoms with van der Waals surface area (Å²) < 4.78 is 33.0. The molecular weight excluding hydrogens is 740 g/mol. The van der Waals surface area contributed by atoms with Crippen LogP contribution in [0, 0.1) is 11.8 Å². The first kappa shape index (κ1) is 39.9. The molecule has 4 aromatic rings. The number of rotatable bonds is 13. The zero-order valence-electron chi connectivity index (χ0n) is 29.9. The molecule has 0 radical (unpaired) electrons. The number of hydrogen-bond donors (Lipinski definition) is 5. The summed E-state index contributed by atoms with van der Waals surface area (Å²) in [7, 11) is -4.18. The summed E-state index contributed by atoms with van der Waals surface area (Å²) in [5, 5.41) is 17.2. The Labute approximate surface area is 316 Å². The first-order chi connectivity index (χ1) is 25.5. The van der Waals surface area contributed by atoms with E-state index in [-0.39, 0.29) is 45.9 Å². The molecular formula is C37H41ClN6O9S. The van der Waals surface area contributed by atoms with Crippen LogP contribution in [0.15, 0.2) is 76.0 Å². The van der Waals surface area contributed by atoms with E-state index in [2.05, 4.69) is 15.6 Å². The molecule has 3 aromatic carbocycles. The van der Waals surface area contributed by atoms with Gasteiger partial charge in [0.25, 0.3) is 21.8 Å². The molecule has 5 amide bonds. The first-order valence-corrected chi connectivity index (χ1v) is 19.1. The smallest absolute Gasteiger partial charge is 0.264 e. The van der Waals surface area contributed by atoms with Crippen LogP contribution in [0.1, 0.15) is 83.6 Å². The summed E-state index contributed by atoms with van der Waals surface area (Å²) in [6, 6.07) is 12.2. The lowest BCUT2D eigenvalue weighted by atomic mass is 9.97. The standard InChI is InChI=1S/C37H41ClN6O9S/c1-19(2)29(31(45)36-40-26-18-23(32(39)46)11-16-28(26)53-36)41-35(49)27-6-5-17-44(27)37(50)30(20(3)4)42-33(47)21-7-9-22(10-8-21)34(48)43-54(51,52)25-14-12-24(38)13-15-25/h7-16,18-20,27,29-31,45H,5-6,17H2,1-4H3,(H2,39,46)(H,41,49)(H,42,47)(H,43,48)/t27-,29-,30-,31?/m0/s1. The second-order valence-corrected chi connectivity index (χ2v) is 15.8. The lowest BCUT2D eigenvalue weighted by Gasteiger charge is -2.32. The van der Waals surface area contributed by atoms with E-state index in [0.717, 1.165) is 0 Å². The largest absolute Gasteiger partial charge is 0.438 e. The van der Waals surface area contributed by atoms with Gasteiger partial charge in [0.2, 0.25) is 23.6 Å². The number of halogens is 1. The van der Waals surface area contributed by atoms with E-state index in [1.807, 2.05) is 4.72 Å². The monoisotopic (exact) mass is 780 g/mol. The molecule has 5 rings (SSSR count). The number of nitrogens with two attached hydrogens (primary N) is 1. The van der Waals surface area contributed by atoms with Crippen molar-refractivity contribution in [3.05, 3.63) is 94.3 Å². The van der Waals surface area contributed by atoms with Gasteiger partial charge in [-0.25, -0.2) is 18.1 Å². The Hall–Kier alpha value is -5.32. The molecule has 6 N–H and O–H groups in total. The second kappa shape index (κ2) is 16.4. The molecule has 15 nitrogen and oxygen atoms in total. The third kappa shape index (κ3) is 8.89. The first-order valence-electron chi connectivity index (χ1n) is 17.2. The van der Waals surface area contributed by atoms with Crippen LogP contribution in [-0.2, 0) is 19.6 Å². The highest BCUT2D eigenvalue weighted by Crippen LogP contribution is 2.28. The van der Waals surface area contributed by atoms with Crippen molar-refractivity contribution >= 4 is 62.3 Å². The maximum Gasteiger partial charge on any atom is 0.264 e. The van der Waals surface area contributed by atoms with Crippen LogP contribution >= 0.6 is 11.6 Å². The molecule has 286 valence electrons. The Morgan fingerprint density at radius 1 is 0.889 bits per heavy atom. The number of aromatic nitrogens is 1. The number of aliphatic hydroxyl groups excluding tert-OH is 1. The van der Waals surface area contributed by atoms with Gasteiger partial charge in [-0.3, -0.25) is 24.0 Å². The number of oxazole rings is 1. The molecule has 17 heteroatoms. The van der Waals surface area contributed by atoms with Crippen molar-refractivity contribution in [2.24, 2.45) is 17.6 Å². The third-order valence-electron chi connectivity index (χ3n) is 9.13. The lowest BCUT2D eigenvalue weighted by Crippen LogP contribution is -2.56. The van der Waals surface area contributed by atoms with Crippen molar-refractivity contribution in [1.29, 1.82) is 0 Å². The molecule has 1 aliphatic heterocycles. The Morgan fingerprint density at radius 3 is 2.09 bits per heavy atom. The average molecular weight is 781 g/mol. The van der Waals surface area contributed by atoms with Crippen LogP contribution in [0.25, 0.3) is 11.1 Å². The number of primary amides is 1. The van der Waals surface area contributed by atoms with Crippen molar-refractivity contribution in [3.8, 4) is 0 Å². The number of aliphatic hydroxyl groups is 1. The van der Waals surface area contributed by atoms with Crippen molar-refractivity contribution in [3.63, 3.8) is 0 Å². The number of nitrogens with one attached hydrogen (secondary N) is 3. The summed E-state index contributed by atoms with van der Waals surface area (Å²) in [5.41, 5.74) is 6.30. The zero-order valence-corrected chi connectivity index (χ0v) is 31.5. The van der Waals surface area contributed by atoms with Gasteiger partial charge in [0.05, 0.1) is 10.9 Å². The van der Waals surface area contributed by atoms with E-state index in [4.69, 9.17) is 21.8 Å². The van der Waals surface area contributed by atoms with Crippen LogP contribution in [0.5, 0.6) is 0 Å². The van der Waals surface area contributed by atoms with Gasteiger partial charge in [-0.2, -0.15) is 0 Å². The van der Waals surface area contributed by atoms with Crippen LogP contribution in [-0.4, -0.2) is 77.6 Å². The number of amides is 5. The average Bonchev–Trinajstić information content (AvgIpc) is 3.80. The fraction of sp³-hybridized carbons (Fsp3) is 0.351. The minimum absolute atomic E-state index is 0.0235. The van der Waals surface area contributed by atoms with Crippen LogP contribution in [0.2, 0.25) is 5.02 Å². The fourth-order valence-electron chi connectivity index (χ4n) is 6.10. The number of fused-ring (bicyclic) bond motifs is 1. The lowest BCUT2D eigenvalue weighted by molar-refractivity contribution is -0.141. The minimum atomic E-state index is -4.18. The molecule has 54 heavy (non-hydrogen) atoms. The summed E-state index contributed by atoms with van der Waals surface area (Å²) >= 11 is 5.82. The summed E-state index contributed by atoms with van der Waals surface area (Å²) in [6.07, 6.45) is -0.480. The number of benzene rings is 3. The van der Waals surface area contributed by atoms with Gasteiger partial charge >= 0.3 is 0 Å². The number of carbonyl (C=O) groups is 5. The zero-order chi connectivity index (χ0) is 39.5. The molecule has 4 atom stereocenters. The van der Waals surface area contributed by atoms with Crippen molar-refractivity contribution in [2.75, 3.05) is 6.54 Å². The number of carbonyl (C=O) groups excluding carboxylic acids is 5. The molecule has 1 saturated heterocycles. The van der Waals surface area contributed by atoms with Gasteiger partial charge in [-0.1, -0.05) is 39.3 Å². The van der Waals surface area contributed by atoms with E-state index < -0.39 is 63.8 Å². The van der Waals surface area contributed by atoms with E-state index in [0.29, 0.717) is 29.0 Å².